The molecule has 64 heavy (non-hydrogen) atoms. The number of carbonyl (C=O) groups excluding carboxylic acids is 4. The molecule has 2 amide bonds. The van der Waals surface area contributed by atoms with Crippen LogP contribution in [0.25, 0.3) is 10.8 Å². The van der Waals surface area contributed by atoms with Gasteiger partial charge in [-0.25, -0.2) is 28.1 Å². The normalized spacial score (nSPS) is 19.2. The number of nitrogens with one attached hydrogen (secondary N) is 1. The predicted molar refractivity (Wildman–Crippen MR) is 237 cm³/mol. The minimum absolute atomic E-state index is 0.0715. The van der Waals surface area contributed by atoms with Gasteiger partial charge in [0.25, 0.3) is 0 Å². The third-order valence-electron chi connectivity index (χ3n) is 8.67. The average molecular weight is 929 g/mol. The predicted octanol–water partition coefficient (Wildman–Crippen LogP) is 9.27. The van der Waals surface area contributed by atoms with E-state index in [1.807, 2.05) is 24.3 Å². The molecule has 0 bridgehead atoms. The molecule has 1 fully saturated rings. The molecular weight excluding hydrogens is 875 g/mol. The van der Waals surface area contributed by atoms with Gasteiger partial charge in [-0.1, -0.05) is 66.7 Å². The Morgan fingerprint density at radius 1 is 0.844 bits per heavy atom. The van der Waals surface area contributed by atoms with Gasteiger partial charge in [0.2, 0.25) is 0 Å². The van der Waals surface area contributed by atoms with Crippen LogP contribution in [0.2, 0.25) is 0 Å². The first-order valence-electron chi connectivity index (χ1n) is 20.3. The molecule has 0 spiro atoms. The number of thioether (sulfide) groups is 1. The number of benzene rings is 3. The molecule has 1 aliphatic heterocycles. The topological polar surface area (TPSA) is 200 Å². The number of nitrogens with zero attached hydrogens (tertiary/aromatic N) is 3. The Morgan fingerprint density at radius 3 is 2.05 bits per heavy atom. The second-order valence-electron chi connectivity index (χ2n) is 17.6. The zero-order valence-corrected chi connectivity index (χ0v) is 39.0. The molecule has 2 unspecified atom stereocenters. The van der Waals surface area contributed by atoms with E-state index in [2.05, 4.69) is 10.1 Å². The van der Waals surface area contributed by atoms with Crippen molar-refractivity contribution in [3.05, 3.63) is 101 Å². The van der Waals surface area contributed by atoms with Gasteiger partial charge in [0, 0.05) is 11.6 Å². The van der Waals surface area contributed by atoms with E-state index in [1.165, 1.54) is 6.92 Å². The Hall–Kier alpha value is -5.49. The highest BCUT2D eigenvalue weighted by atomic mass is 32.2. The lowest BCUT2D eigenvalue weighted by Crippen LogP contribution is -2.45. The van der Waals surface area contributed by atoms with Gasteiger partial charge in [0.1, 0.15) is 40.6 Å². The van der Waals surface area contributed by atoms with Gasteiger partial charge in [-0.2, -0.15) is 15.0 Å². The molecule has 6 atom stereocenters. The second kappa shape index (κ2) is 20.1. The van der Waals surface area contributed by atoms with Crippen molar-refractivity contribution in [1.82, 2.24) is 14.6 Å². The number of esters is 1. The molecule has 2 heterocycles. The van der Waals surface area contributed by atoms with Crippen LogP contribution in [0.15, 0.2) is 89.9 Å². The maximum absolute atomic E-state index is 16.8. The number of ether oxygens (including phenoxy) is 5. The van der Waals surface area contributed by atoms with Gasteiger partial charge >= 0.3 is 37.7 Å². The summed E-state index contributed by atoms with van der Waals surface area (Å²) in [4.78, 5) is 70.9. The maximum atomic E-state index is 16.8. The molecule has 20 heteroatoms. The minimum atomic E-state index is -4.62. The summed E-state index contributed by atoms with van der Waals surface area (Å²) in [6, 6.07) is 20.9. The van der Waals surface area contributed by atoms with Crippen LogP contribution in [0.3, 0.4) is 0 Å². The van der Waals surface area contributed by atoms with Crippen molar-refractivity contribution in [3.63, 3.8) is 0 Å². The number of hydrogen-bond donors (Lipinski definition) is 1. The van der Waals surface area contributed by atoms with E-state index in [4.69, 9.17) is 32.7 Å². The van der Waals surface area contributed by atoms with Crippen molar-refractivity contribution in [2.24, 2.45) is 0 Å². The van der Waals surface area contributed by atoms with Gasteiger partial charge in [0.05, 0.1) is 11.9 Å². The van der Waals surface area contributed by atoms with Crippen molar-refractivity contribution >= 4 is 60.4 Å². The van der Waals surface area contributed by atoms with Crippen molar-refractivity contribution in [2.75, 3.05) is 11.5 Å². The number of aromatic nitrogens is 2. The van der Waals surface area contributed by atoms with Gasteiger partial charge in [-0.05, 0) is 92.3 Å². The van der Waals surface area contributed by atoms with Crippen LogP contribution < -0.4 is 20.2 Å². The molecule has 3 aromatic carbocycles. The molecule has 1 saturated heterocycles. The van der Waals surface area contributed by atoms with E-state index in [1.54, 1.807) is 111 Å². The number of halogens is 1. The minimum Gasteiger partial charge on any atom is -0.460 e. The van der Waals surface area contributed by atoms with Crippen molar-refractivity contribution in [3.8, 4) is 5.75 Å². The summed E-state index contributed by atoms with van der Waals surface area (Å²) in [7, 11) is -4.62. The van der Waals surface area contributed by atoms with Crippen molar-refractivity contribution in [2.45, 2.75) is 122 Å². The number of imide groups is 1. The summed E-state index contributed by atoms with van der Waals surface area (Å²) in [6.07, 6.45) is -6.34. The van der Waals surface area contributed by atoms with Crippen molar-refractivity contribution in [1.29, 1.82) is 0 Å². The third-order valence-corrected chi connectivity index (χ3v) is 11.8. The number of amides is 2. The van der Waals surface area contributed by atoms with Crippen LogP contribution >= 0.6 is 19.5 Å². The lowest BCUT2D eigenvalue weighted by atomic mass is 10.1. The highest BCUT2D eigenvalue weighted by Crippen LogP contribution is 2.50. The van der Waals surface area contributed by atoms with Crippen LogP contribution in [0.1, 0.15) is 80.2 Å². The zero-order chi connectivity index (χ0) is 47.2. The fourth-order valence-corrected chi connectivity index (χ4v) is 9.08. The Bertz CT molecular complexity index is 2390. The molecule has 1 aliphatic rings. The number of carbonyl (C=O) groups is 4. The average Bonchev–Trinajstić information content (AvgIpc) is 3.48. The van der Waals surface area contributed by atoms with Crippen LogP contribution in [-0.4, -0.2) is 80.8 Å². The van der Waals surface area contributed by atoms with Crippen LogP contribution in [0, 0.1) is 0 Å². The Kier molecular flexibility index (Phi) is 15.6. The van der Waals surface area contributed by atoms with Crippen molar-refractivity contribution < 1.29 is 60.9 Å². The van der Waals surface area contributed by atoms with E-state index in [9.17, 15) is 28.5 Å². The van der Waals surface area contributed by atoms with Crippen LogP contribution in [-0.2, 0) is 44.2 Å². The maximum Gasteiger partial charge on any atom is 0.509 e. The zero-order valence-electron chi connectivity index (χ0n) is 37.3. The van der Waals surface area contributed by atoms with E-state index in [-0.39, 0.29) is 12.4 Å². The summed E-state index contributed by atoms with van der Waals surface area (Å²) in [5.41, 5.74) is -3.55. The smallest absolute Gasteiger partial charge is 0.460 e. The standard InChI is InChI=1S/C44H54FN4O13PS/c1-27(37(50)56-25-28-17-12-11-13-18-28)47-63(55,62-31-22-16-20-29-19-14-15-21-30(29)31)57-26-32-35(58-41(54)61-44(8,9)10)34(45)36(64-32)48-24-23-33(46-38(48)51)49(39(52)59-42(2,3)4)40(53)60-43(5,6)7/h11-24,27,32,34-36H,25-26H2,1-10H3,(H,47,55)/t27?,32-,34+,35-,36-,63?/m1/s1. The fraction of sp³-hybridized carbons (Fsp3) is 0.455. The molecule has 4 aromatic rings. The monoisotopic (exact) mass is 928 g/mol. The molecule has 1 aromatic heterocycles. The van der Waals surface area contributed by atoms with E-state index < -0.39 is 95.9 Å². The molecule has 17 nitrogen and oxygen atoms in total. The first kappa shape index (κ1) is 49.5. The summed E-state index contributed by atoms with van der Waals surface area (Å²) in [5, 5.41) is 1.27. The third kappa shape index (κ3) is 13.8. The first-order valence-corrected chi connectivity index (χ1v) is 22.7. The number of rotatable bonds is 13. The first-order chi connectivity index (χ1) is 29.8. The Labute approximate surface area is 374 Å². The highest BCUT2D eigenvalue weighted by Gasteiger charge is 2.50. The summed E-state index contributed by atoms with van der Waals surface area (Å²) >= 11 is 0.774. The molecule has 0 aliphatic carbocycles. The molecular formula is C44H54FN4O13PS. The second-order valence-corrected chi connectivity index (χ2v) is 20.7. The van der Waals surface area contributed by atoms with Crippen LogP contribution in [0.4, 0.5) is 24.6 Å². The Morgan fingerprint density at radius 2 is 1.44 bits per heavy atom. The van der Waals surface area contributed by atoms with Gasteiger partial charge in [0.15, 0.2) is 18.1 Å². The Balaban J connectivity index is 1.46. The summed E-state index contributed by atoms with van der Waals surface area (Å²) in [6.45, 7) is 14.9. The summed E-state index contributed by atoms with van der Waals surface area (Å²) < 4.78 is 71.6. The number of anilines is 1. The van der Waals surface area contributed by atoms with Gasteiger partial charge < -0.3 is 28.2 Å². The number of hydrogen-bond acceptors (Lipinski definition) is 15. The SMILES string of the molecule is CC(NP(=O)(OC[C@H]1S[C@@H](n2ccc(N(C(=O)OC(C)(C)C)C(=O)OC(C)(C)C)nc2=O)[C@@H](F)[C@@H]1OC(=O)OC(C)(C)C)Oc1cccc2ccccc12)C(=O)OCc1ccccc1. The quantitative estimate of drug-likeness (QED) is 0.0755. The molecule has 346 valence electrons. The summed E-state index contributed by atoms with van der Waals surface area (Å²) in [5.74, 6) is -1.13. The van der Waals surface area contributed by atoms with E-state index >= 15 is 4.39 Å². The molecule has 0 saturated carbocycles. The largest absolute Gasteiger partial charge is 0.509 e. The molecule has 0 radical (unpaired) electrons. The molecule has 5 rings (SSSR count). The van der Waals surface area contributed by atoms with E-state index in [0.29, 0.717) is 15.8 Å². The molecule has 1 N–H and O–H groups in total. The number of alkyl halides is 1. The lowest BCUT2D eigenvalue weighted by Gasteiger charge is -2.28. The van der Waals surface area contributed by atoms with Gasteiger partial charge in [-0.15, -0.1) is 11.8 Å². The van der Waals surface area contributed by atoms with Crippen LogP contribution in [0.5, 0.6) is 5.75 Å². The lowest BCUT2D eigenvalue weighted by molar-refractivity contribution is -0.146. The fourth-order valence-electron chi connectivity index (χ4n) is 5.99. The van der Waals surface area contributed by atoms with E-state index in [0.717, 1.165) is 34.0 Å². The van der Waals surface area contributed by atoms with Gasteiger partial charge in [-0.3, -0.25) is 13.9 Å². The number of fused-ring (bicyclic) bond motifs is 1. The highest BCUT2D eigenvalue weighted by molar-refractivity contribution is 8.00.